The molecular weight excluding hydrogens is 263 g/mol. The second-order valence-electron chi connectivity index (χ2n) is 3.87. The van der Waals surface area contributed by atoms with Crippen LogP contribution in [-0.2, 0) is 0 Å². The van der Waals surface area contributed by atoms with Gasteiger partial charge in [-0.15, -0.1) is 0 Å². The summed E-state index contributed by atoms with van der Waals surface area (Å²) in [6.45, 7) is 0. The van der Waals surface area contributed by atoms with Gasteiger partial charge < -0.3 is 14.8 Å². The minimum absolute atomic E-state index is 0.000199. The van der Waals surface area contributed by atoms with Gasteiger partial charge in [0, 0.05) is 11.8 Å². The second kappa shape index (κ2) is 6.01. The first-order chi connectivity index (χ1) is 9.63. The van der Waals surface area contributed by atoms with E-state index in [1.807, 2.05) is 0 Å². The number of hydrogen-bond donors (Lipinski definition) is 1. The molecule has 0 saturated heterocycles. The van der Waals surface area contributed by atoms with E-state index in [0.29, 0.717) is 17.2 Å². The van der Waals surface area contributed by atoms with Crippen LogP contribution < -0.4 is 14.8 Å². The summed E-state index contributed by atoms with van der Waals surface area (Å²) < 4.78 is 23.2. The van der Waals surface area contributed by atoms with Crippen LogP contribution in [0.4, 0.5) is 10.1 Å². The molecule has 1 heterocycles. The number of aromatic nitrogens is 1. The number of carbonyl (C=O) groups excluding carboxylic acids is 1. The predicted molar refractivity (Wildman–Crippen MR) is 71.7 cm³/mol. The van der Waals surface area contributed by atoms with E-state index >= 15 is 0 Å². The molecular formula is C14H13FN2O3. The standard InChI is InChI=1S/C14H13FN2O3/c1-19-11-7-6-9(8-12(11)20-2)16-14(18)10-4-3-5-13(15)17-10/h3-8H,1-2H3,(H,16,18). The molecule has 2 rings (SSSR count). The number of carbonyl (C=O) groups is 1. The predicted octanol–water partition coefficient (Wildman–Crippen LogP) is 2.49. The maximum atomic E-state index is 13.0. The Hall–Kier alpha value is -2.63. The summed E-state index contributed by atoms with van der Waals surface area (Å²) in [7, 11) is 3.02. The van der Waals surface area contributed by atoms with Gasteiger partial charge >= 0.3 is 0 Å². The maximum absolute atomic E-state index is 13.0. The van der Waals surface area contributed by atoms with E-state index in [1.54, 1.807) is 18.2 Å². The van der Waals surface area contributed by atoms with Gasteiger partial charge in [-0.3, -0.25) is 4.79 Å². The van der Waals surface area contributed by atoms with Crippen molar-refractivity contribution < 1.29 is 18.7 Å². The third-order valence-electron chi connectivity index (χ3n) is 2.59. The van der Waals surface area contributed by atoms with Gasteiger partial charge in [0.25, 0.3) is 5.91 Å². The van der Waals surface area contributed by atoms with Crippen molar-refractivity contribution >= 4 is 11.6 Å². The number of amides is 1. The normalized spacial score (nSPS) is 9.95. The zero-order valence-corrected chi connectivity index (χ0v) is 11.0. The molecule has 20 heavy (non-hydrogen) atoms. The molecule has 2 aromatic rings. The highest BCUT2D eigenvalue weighted by molar-refractivity contribution is 6.02. The molecule has 0 aliphatic carbocycles. The number of benzene rings is 1. The number of halogens is 1. The molecule has 104 valence electrons. The van der Waals surface area contributed by atoms with Crippen molar-refractivity contribution in [1.82, 2.24) is 4.98 Å². The summed E-state index contributed by atoms with van der Waals surface area (Å²) in [6, 6.07) is 8.94. The summed E-state index contributed by atoms with van der Waals surface area (Å²) in [5.74, 6) is -0.173. The average molecular weight is 276 g/mol. The van der Waals surface area contributed by atoms with E-state index in [9.17, 15) is 9.18 Å². The largest absolute Gasteiger partial charge is 0.493 e. The molecule has 0 bridgehead atoms. The van der Waals surface area contributed by atoms with E-state index in [4.69, 9.17) is 9.47 Å². The highest BCUT2D eigenvalue weighted by atomic mass is 19.1. The van der Waals surface area contributed by atoms with Crippen LogP contribution in [0, 0.1) is 5.95 Å². The van der Waals surface area contributed by atoms with Gasteiger partial charge in [-0.25, -0.2) is 4.98 Å². The van der Waals surface area contributed by atoms with Gasteiger partial charge in [-0.2, -0.15) is 4.39 Å². The Kier molecular flexibility index (Phi) is 4.14. The van der Waals surface area contributed by atoms with Crippen LogP contribution in [0.2, 0.25) is 0 Å². The minimum atomic E-state index is -0.704. The molecule has 1 aromatic heterocycles. The van der Waals surface area contributed by atoms with Crippen LogP contribution in [0.25, 0.3) is 0 Å². The van der Waals surface area contributed by atoms with E-state index < -0.39 is 11.9 Å². The number of hydrogen-bond acceptors (Lipinski definition) is 4. The fourth-order valence-electron chi connectivity index (χ4n) is 1.64. The summed E-state index contributed by atoms with van der Waals surface area (Å²) in [5.41, 5.74) is 0.499. The molecule has 0 unspecified atom stereocenters. The van der Waals surface area contributed by atoms with Crippen molar-refractivity contribution in [3.63, 3.8) is 0 Å². The van der Waals surface area contributed by atoms with Crippen molar-refractivity contribution in [3.8, 4) is 11.5 Å². The summed E-state index contributed by atoms with van der Waals surface area (Å²) in [6.07, 6.45) is 0. The molecule has 0 spiro atoms. The molecule has 5 nitrogen and oxygen atoms in total. The van der Waals surface area contributed by atoms with Gasteiger partial charge in [0.1, 0.15) is 5.69 Å². The highest BCUT2D eigenvalue weighted by Crippen LogP contribution is 2.29. The van der Waals surface area contributed by atoms with Gasteiger partial charge in [-0.1, -0.05) is 6.07 Å². The molecule has 0 radical (unpaired) electrons. The molecule has 1 aromatic carbocycles. The van der Waals surface area contributed by atoms with Crippen LogP contribution in [0.1, 0.15) is 10.5 Å². The summed E-state index contributed by atoms with van der Waals surface area (Å²) in [5, 5.41) is 2.61. The fourth-order valence-corrected chi connectivity index (χ4v) is 1.64. The van der Waals surface area contributed by atoms with E-state index in [0.717, 1.165) is 0 Å². The SMILES string of the molecule is COc1ccc(NC(=O)c2cccc(F)n2)cc1OC. The lowest BCUT2D eigenvalue weighted by atomic mass is 10.2. The Morgan fingerprint density at radius 3 is 2.55 bits per heavy atom. The van der Waals surface area contributed by atoms with Crippen LogP contribution in [0.15, 0.2) is 36.4 Å². The van der Waals surface area contributed by atoms with E-state index in [-0.39, 0.29) is 5.69 Å². The fraction of sp³-hybridized carbons (Fsp3) is 0.143. The third kappa shape index (κ3) is 3.03. The Labute approximate surface area is 115 Å². The lowest BCUT2D eigenvalue weighted by Gasteiger charge is -2.10. The summed E-state index contributed by atoms with van der Waals surface area (Å²) in [4.78, 5) is 15.4. The molecule has 6 heteroatoms. The van der Waals surface area contributed by atoms with Gasteiger partial charge in [0.2, 0.25) is 5.95 Å². The minimum Gasteiger partial charge on any atom is -0.493 e. The Morgan fingerprint density at radius 1 is 1.15 bits per heavy atom. The van der Waals surface area contributed by atoms with Crippen LogP contribution in [0.5, 0.6) is 11.5 Å². The molecule has 1 amide bonds. The van der Waals surface area contributed by atoms with Crippen LogP contribution in [0.3, 0.4) is 0 Å². The monoisotopic (exact) mass is 276 g/mol. The number of pyridine rings is 1. The van der Waals surface area contributed by atoms with E-state index in [1.165, 1.54) is 32.4 Å². The maximum Gasteiger partial charge on any atom is 0.274 e. The van der Waals surface area contributed by atoms with Crippen molar-refractivity contribution in [1.29, 1.82) is 0 Å². The van der Waals surface area contributed by atoms with Crippen molar-refractivity contribution in [2.75, 3.05) is 19.5 Å². The Bertz CT molecular complexity index is 632. The number of nitrogens with one attached hydrogen (secondary N) is 1. The molecule has 1 N–H and O–H groups in total. The van der Waals surface area contributed by atoms with Crippen LogP contribution in [-0.4, -0.2) is 25.1 Å². The van der Waals surface area contributed by atoms with Crippen LogP contribution >= 0.6 is 0 Å². The van der Waals surface area contributed by atoms with E-state index in [2.05, 4.69) is 10.3 Å². The zero-order valence-electron chi connectivity index (χ0n) is 11.0. The summed E-state index contributed by atoms with van der Waals surface area (Å²) >= 11 is 0. The first-order valence-corrected chi connectivity index (χ1v) is 5.80. The van der Waals surface area contributed by atoms with Crippen molar-refractivity contribution in [3.05, 3.63) is 48.0 Å². The molecule has 0 aliphatic rings. The Balaban J connectivity index is 2.19. The average Bonchev–Trinajstić information content (AvgIpc) is 2.47. The first-order valence-electron chi connectivity index (χ1n) is 5.80. The molecule has 0 atom stereocenters. The second-order valence-corrected chi connectivity index (χ2v) is 3.87. The van der Waals surface area contributed by atoms with Crippen molar-refractivity contribution in [2.24, 2.45) is 0 Å². The van der Waals surface area contributed by atoms with Crippen molar-refractivity contribution in [2.45, 2.75) is 0 Å². The van der Waals surface area contributed by atoms with Gasteiger partial charge in [0.15, 0.2) is 11.5 Å². The lowest BCUT2D eigenvalue weighted by molar-refractivity contribution is 0.102. The quantitative estimate of drug-likeness (QED) is 0.871. The number of ether oxygens (including phenoxy) is 2. The van der Waals surface area contributed by atoms with Gasteiger partial charge in [0.05, 0.1) is 14.2 Å². The topological polar surface area (TPSA) is 60.5 Å². The smallest absolute Gasteiger partial charge is 0.274 e. The molecule has 0 aliphatic heterocycles. The zero-order chi connectivity index (χ0) is 14.5. The number of nitrogens with zero attached hydrogens (tertiary/aromatic N) is 1. The number of rotatable bonds is 4. The number of methoxy groups -OCH3 is 2. The highest BCUT2D eigenvalue weighted by Gasteiger charge is 2.10. The van der Waals surface area contributed by atoms with Gasteiger partial charge in [-0.05, 0) is 24.3 Å². The third-order valence-corrected chi connectivity index (χ3v) is 2.59. The molecule has 0 saturated carbocycles. The lowest BCUT2D eigenvalue weighted by Crippen LogP contribution is -2.14. The molecule has 0 fully saturated rings. The Morgan fingerprint density at radius 2 is 1.90 bits per heavy atom. The first kappa shape index (κ1) is 13.8. The number of anilines is 1.